The monoisotopic (exact) mass is 368 g/mol. The summed E-state index contributed by atoms with van der Waals surface area (Å²) in [6.07, 6.45) is 1.37. The number of nitrogens with zero attached hydrogens (tertiary/aromatic N) is 1. The summed E-state index contributed by atoms with van der Waals surface area (Å²) in [6, 6.07) is 9.86. The quantitative estimate of drug-likeness (QED) is 0.558. The number of furan rings is 1. The summed E-state index contributed by atoms with van der Waals surface area (Å²) in [4.78, 5) is 12.0. The van der Waals surface area contributed by atoms with E-state index in [1.54, 1.807) is 36.4 Å². The molecule has 0 aliphatic rings. The zero-order valence-electron chi connectivity index (χ0n) is 13.7. The van der Waals surface area contributed by atoms with E-state index in [4.69, 9.17) is 9.15 Å². The molecule has 0 aliphatic heterocycles. The van der Waals surface area contributed by atoms with Crippen LogP contribution in [0.2, 0.25) is 0 Å². The van der Waals surface area contributed by atoms with Crippen molar-refractivity contribution < 1.29 is 22.7 Å². The van der Waals surface area contributed by atoms with Gasteiger partial charge in [-0.15, -0.1) is 0 Å². The highest BCUT2D eigenvalue weighted by molar-refractivity contribution is 7.98. The van der Waals surface area contributed by atoms with E-state index in [1.807, 2.05) is 13.8 Å². The van der Waals surface area contributed by atoms with Crippen LogP contribution in [0.1, 0.15) is 35.7 Å². The third-order valence-corrected chi connectivity index (χ3v) is 3.58. The number of carbonyl (C=O) groups is 1. The number of nitrogens with one attached hydrogen (secondary N) is 1. The minimum atomic E-state index is -2.45. The number of rotatable bonds is 8. The zero-order chi connectivity index (χ0) is 18.2. The van der Waals surface area contributed by atoms with Crippen molar-refractivity contribution in [2.45, 2.75) is 31.5 Å². The molecule has 1 aromatic heterocycles. The van der Waals surface area contributed by atoms with Crippen LogP contribution < -0.4 is 10.2 Å². The summed E-state index contributed by atoms with van der Waals surface area (Å²) >= 11 is 0.477. The van der Waals surface area contributed by atoms with Gasteiger partial charge in [-0.3, -0.25) is 4.79 Å². The molecular formula is C17H18F2N2O3S. The second-order valence-corrected chi connectivity index (χ2v) is 6.24. The summed E-state index contributed by atoms with van der Waals surface area (Å²) in [7, 11) is 0. The first-order chi connectivity index (χ1) is 11.9. The van der Waals surface area contributed by atoms with Gasteiger partial charge in [-0.25, -0.2) is 5.43 Å². The Labute approximate surface area is 148 Å². The number of halogens is 2. The third kappa shape index (κ3) is 6.58. The van der Waals surface area contributed by atoms with Crippen LogP contribution in [0.25, 0.3) is 0 Å². The number of hydrogen-bond donors (Lipinski definition) is 1. The van der Waals surface area contributed by atoms with Crippen LogP contribution in [-0.2, 0) is 5.75 Å². The van der Waals surface area contributed by atoms with Crippen molar-refractivity contribution in [3.05, 3.63) is 53.5 Å². The van der Waals surface area contributed by atoms with Crippen LogP contribution in [0.4, 0.5) is 8.78 Å². The van der Waals surface area contributed by atoms with Crippen molar-refractivity contribution in [3.63, 3.8) is 0 Å². The Kier molecular flexibility index (Phi) is 7.00. The number of ether oxygens (including phenoxy) is 1. The maximum absolute atomic E-state index is 12.1. The lowest BCUT2D eigenvalue weighted by Crippen LogP contribution is -2.17. The van der Waals surface area contributed by atoms with Crippen molar-refractivity contribution in [2.24, 2.45) is 5.10 Å². The Morgan fingerprint density at radius 1 is 1.28 bits per heavy atom. The molecule has 1 heterocycles. The largest absolute Gasteiger partial charge is 0.491 e. The van der Waals surface area contributed by atoms with Crippen molar-refractivity contribution >= 4 is 23.9 Å². The normalized spacial score (nSPS) is 11.4. The summed E-state index contributed by atoms with van der Waals surface area (Å²) < 4.78 is 35.0. The highest BCUT2D eigenvalue weighted by Crippen LogP contribution is 2.20. The fraction of sp³-hybridized carbons (Fsp3) is 0.294. The van der Waals surface area contributed by atoms with E-state index in [9.17, 15) is 13.6 Å². The molecule has 1 amide bonds. The number of carbonyl (C=O) groups excluding carboxylic acids is 1. The predicted molar refractivity (Wildman–Crippen MR) is 93.3 cm³/mol. The smallest absolute Gasteiger partial charge is 0.284 e. The lowest BCUT2D eigenvalue weighted by Gasteiger charge is -2.09. The number of hydrogen-bond acceptors (Lipinski definition) is 5. The van der Waals surface area contributed by atoms with Crippen molar-refractivity contribution in [3.8, 4) is 5.75 Å². The van der Waals surface area contributed by atoms with Gasteiger partial charge in [0.05, 0.1) is 18.1 Å². The first-order valence-electron chi connectivity index (χ1n) is 7.52. The molecule has 1 N–H and O–H groups in total. The summed E-state index contributed by atoms with van der Waals surface area (Å²) in [5.74, 6) is -1.29. The van der Waals surface area contributed by atoms with Gasteiger partial charge in [0.25, 0.3) is 11.7 Å². The van der Waals surface area contributed by atoms with Crippen LogP contribution in [0.5, 0.6) is 5.75 Å². The standard InChI is InChI=1S/C17H18F2N2O3S/c1-11(2)23-13-5-3-12(4-6-13)16(22)21-20-9-14-7-8-15(24-14)10-25-17(18)19/h3-9,11,17H,10H2,1-2H3,(H,21,22)/b20-9-. The van der Waals surface area contributed by atoms with E-state index in [-0.39, 0.29) is 17.8 Å². The van der Waals surface area contributed by atoms with Gasteiger partial charge in [-0.05, 0) is 50.2 Å². The zero-order valence-corrected chi connectivity index (χ0v) is 14.6. The predicted octanol–water partition coefficient (Wildman–Crippen LogP) is 4.29. The molecule has 0 saturated heterocycles. The Morgan fingerprint density at radius 2 is 2.00 bits per heavy atom. The fourth-order valence-corrected chi connectivity index (χ4v) is 2.31. The van der Waals surface area contributed by atoms with Gasteiger partial charge in [0, 0.05) is 5.56 Å². The number of amides is 1. The molecule has 8 heteroatoms. The maximum atomic E-state index is 12.1. The second-order valence-electron chi connectivity index (χ2n) is 5.27. The lowest BCUT2D eigenvalue weighted by atomic mass is 10.2. The average molecular weight is 368 g/mol. The van der Waals surface area contributed by atoms with Gasteiger partial charge in [-0.2, -0.15) is 13.9 Å². The van der Waals surface area contributed by atoms with E-state index in [2.05, 4.69) is 10.5 Å². The van der Waals surface area contributed by atoms with Gasteiger partial charge in [0.2, 0.25) is 0 Å². The van der Waals surface area contributed by atoms with Gasteiger partial charge >= 0.3 is 0 Å². The molecule has 2 rings (SSSR count). The lowest BCUT2D eigenvalue weighted by molar-refractivity contribution is 0.0955. The fourth-order valence-electron chi connectivity index (χ4n) is 1.86. The van der Waals surface area contributed by atoms with Crippen LogP contribution in [-0.4, -0.2) is 24.0 Å². The molecule has 0 saturated carbocycles. The molecule has 2 aromatic rings. The SMILES string of the molecule is CC(C)Oc1ccc(C(=O)N/N=C\c2ccc(CSC(F)F)o2)cc1. The molecule has 134 valence electrons. The van der Waals surface area contributed by atoms with Gasteiger partial charge in [0.1, 0.15) is 17.3 Å². The first-order valence-corrected chi connectivity index (χ1v) is 8.57. The number of alkyl halides is 2. The van der Waals surface area contributed by atoms with E-state index in [0.29, 0.717) is 34.6 Å². The van der Waals surface area contributed by atoms with E-state index in [0.717, 1.165) is 0 Å². The molecule has 0 spiro atoms. The molecule has 5 nitrogen and oxygen atoms in total. The Bertz CT molecular complexity index is 715. The van der Waals surface area contributed by atoms with Crippen molar-refractivity contribution in [1.82, 2.24) is 5.43 Å². The molecule has 0 fully saturated rings. The number of hydrazone groups is 1. The summed E-state index contributed by atoms with van der Waals surface area (Å²) in [6.45, 7) is 3.84. The topological polar surface area (TPSA) is 63.8 Å². The summed E-state index contributed by atoms with van der Waals surface area (Å²) in [5, 5.41) is 3.79. The Morgan fingerprint density at radius 3 is 2.64 bits per heavy atom. The van der Waals surface area contributed by atoms with Crippen LogP contribution in [0.3, 0.4) is 0 Å². The molecular weight excluding hydrogens is 350 g/mol. The molecule has 0 atom stereocenters. The summed E-state index contributed by atoms with van der Waals surface area (Å²) in [5.41, 5.74) is 2.80. The minimum Gasteiger partial charge on any atom is -0.491 e. The van der Waals surface area contributed by atoms with E-state index < -0.39 is 5.76 Å². The van der Waals surface area contributed by atoms with E-state index in [1.165, 1.54) is 6.21 Å². The minimum absolute atomic E-state index is 0.0570. The van der Waals surface area contributed by atoms with Gasteiger partial charge in [-0.1, -0.05) is 11.8 Å². The highest BCUT2D eigenvalue weighted by Gasteiger charge is 2.07. The Hall–Kier alpha value is -2.35. The average Bonchev–Trinajstić information content (AvgIpc) is 3.01. The first kappa shape index (κ1) is 19.0. The van der Waals surface area contributed by atoms with Gasteiger partial charge < -0.3 is 9.15 Å². The Balaban J connectivity index is 1.85. The second kappa shape index (κ2) is 9.22. The molecule has 25 heavy (non-hydrogen) atoms. The number of benzene rings is 1. The van der Waals surface area contributed by atoms with Crippen molar-refractivity contribution in [2.75, 3.05) is 0 Å². The molecule has 0 radical (unpaired) electrons. The van der Waals surface area contributed by atoms with E-state index >= 15 is 0 Å². The number of thioether (sulfide) groups is 1. The van der Waals surface area contributed by atoms with Crippen LogP contribution in [0.15, 0.2) is 45.9 Å². The van der Waals surface area contributed by atoms with Crippen molar-refractivity contribution in [1.29, 1.82) is 0 Å². The highest BCUT2D eigenvalue weighted by atomic mass is 32.2. The van der Waals surface area contributed by atoms with Crippen LogP contribution >= 0.6 is 11.8 Å². The molecule has 0 aliphatic carbocycles. The molecule has 0 unspecified atom stereocenters. The maximum Gasteiger partial charge on any atom is 0.284 e. The molecule has 0 bridgehead atoms. The van der Waals surface area contributed by atoms with Gasteiger partial charge in [0.15, 0.2) is 0 Å². The third-order valence-electron chi connectivity index (χ3n) is 2.88. The van der Waals surface area contributed by atoms with Crippen LogP contribution in [0, 0.1) is 0 Å². The molecule has 1 aromatic carbocycles.